The quantitative estimate of drug-likeness (QED) is 0.775. The molecule has 2 heterocycles. The first kappa shape index (κ1) is 14.8. The predicted octanol–water partition coefficient (Wildman–Crippen LogP) is 0.342. The monoisotopic (exact) mass is 269 g/mol. The molecule has 0 aliphatic carbocycles. The van der Waals surface area contributed by atoms with Crippen molar-refractivity contribution in [3.05, 3.63) is 0 Å². The molecule has 0 radical (unpaired) electrons. The second kappa shape index (κ2) is 5.77. The Labute approximate surface area is 115 Å². The number of nitrogens with zero attached hydrogens (tertiary/aromatic N) is 1. The van der Waals surface area contributed by atoms with Crippen LogP contribution in [0.15, 0.2) is 0 Å². The van der Waals surface area contributed by atoms with Gasteiger partial charge in [0.15, 0.2) is 0 Å². The molecule has 110 valence electrons. The summed E-state index contributed by atoms with van der Waals surface area (Å²) in [5.74, 6) is -0.00375. The second-order valence-corrected chi connectivity index (χ2v) is 6.57. The lowest BCUT2D eigenvalue weighted by molar-refractivity contribution is -0.130. The van der Waals surface area contributed by atoms with Crippen LogP contribution in [0.2, 0.25) is 0 Å². The molecule has 0 spiro atoms. The lowest BCUT2D eigenvalue weighted by Gasteiger charge is -2.39. The molecular formula is C14H27N3O2. The zero-order valence-electron chi connectivity index (χ0n) is 12.2. The van der Waals surface area contributed by atoms with Crippen molar-refractivity contribution in [3.8, 4) is 0 Å². The van der Waals surface area contributed by atoms with Crippen molar-refractivity contribution in [1.29, 1.82) is 0 Å². The summed E-state index contributed by atoms with van der Waals surface area (Å²) < 4.78 is 5.28. The fourth-order valence-electron chi connectivity index (χ4n) is 2.77. The van der Waals surface area contributed by atoms with Gasteiger partial charge in [0.25, 0.3) is 0 Å². The molecule has 2 saturated heterocycles. The van der Waals surface area contributed by atoms with Gasteiger partial charge in [-0.25, -0.2) is 0 Å². The summed E-state index contributed by atoms with van der Waals surface area (Å²) in [6, 6.07) is 0. The van der Waals surface area contributed by atoms with Gasteiger partial charge in [0, 0.05) is 19.8 Å². The Hall–Kier alpha value is -0.650. The number of hydrogen-bond acceptors (Lipinski definition) is 4. The number of piperidine rings is 1. The zero-order valence-corrected chi connectivity index (χ0v) is 12.2. The minimum absolute atomic E-state index is 0.00375. The van der Waals surface area contributed by atoms with Gasteiger partial charge < -0.3 is 20.7 Å². The van der Waals surface area contributed by atoms with E-state index in [4.69, 9.17) is 10.5 Å². The van der Waals surface area contributed by atoms with E-state index >= 15 is 0 Å². The SMILES string of the molecule is CN1CCC(C)(CNC(=O)C2(N)CCOCC2)CC1. The van der Waals surface area contributed by atoms with Crippen LogP contribution in [0, 0.1) is 5.41 Å². The van der Waals surface area contributed by atoms with Gasteiger partial charge in [-0.15, -0.1) is 0 Å². The van der Waals surface area contributed by atoms with Crippen molar-refractivity contribution < 1.29 is 9.53 Å². The first-order valence-corrected chi connectivity index (χ1v) is 7.27. The molecule has 5 heteroatoms. The average Bonchev–Trinajstić information content (AvgIpc) is 2.41. The van der Waals surface area contributed by atoms with Crippen LogP contribution < -0.4 is 11.1 Å². The summed E-state index contributed by atoms with van der Waals surface area (Å²) in [6.07, 6.45) is 3.51. The smallest absolute Gasteiger partial charge is 0.240 e. The Bertz CT molecular complexity index is 319. The van der Waals surface area contributed by atoms with Crippen LogP contribution in [-0.4, -0.2) is 56.2 Å². The molecule has 5 nitrogen and oxygen atoms in total. The number of amides is 1. The summed E-state index contributed by atoms with van der Waals surface area (Å²) in [5, 5.41) is 3.08. The first-order chi connectivity index (χ1) is 8.94. The van der Waals surface area contributed by atoms with E-state index in [0.29, 0.717) is 26.1 Å². The Morgan fingerprint density at radius 1 is 1.26 bits per heavy atom. The van der Waals surface area contributed by atoms with Crippen LogP contribution in [0.3, 0.4) is 0 Å². The third-order valence-corrected chi connectivity index (χ3v) is 4.71. The van der Waals surface area contributed by atoms with E-state index in [1.54, 1.807) is 0 Å². The molecule has 0 atom stereocenters. The Morgan fingerprint density at radius 2 is 1.84 bits per heavy atom. The number of likely N-dealkylation sites (tertiary alicyclic amines) is 1. The van der Waals surface area contributed by atoms with Crippen molar-refractivity contribution in [2.45, 2.75) is 38.1 Å². The van der Waals surface area contributed by atoms with E-state index in [-0.39, 0.29) is 11.3 Å². The van der Waals surface area contributed by atoms with Crippen molar-refractivity contribution in [2.75, 3.05) is 39.9 Å². The summed E-state index contributed by atoms with van der Waals surface area (Å²) in [7, 11) is 2.15. The predicted molar refractivity (Wildman–Crippen MR) is 74.8 cm³/mol. The topological polar surface area (TPSA) is 67.6 Å². The number of carbonyl (C=O) groups excluding carboxylic acids is 1. The molecule has 0 saturated carbocycles. The standard InChI is InChI=1S/C14H27N3O2/c1-13(3-7-17(2)8-4-13)11-16-12(18)14(15)5-9-19-10-6-14/h3-11,15H2,1-2H3,(H,16,18). The van der Waals surface area contributed by atoms with E-state index in [0.717, 1.165) is 32.5 Å². The third-order valence-electron chi connectivity index (χ3n) is 4.71. The largest absolute Gasteiger partial charge is 0.381 e. The fourth-order valence-corrected chi connectivity index (χ4v) is 2.77. The molecule has 0 bridgehead atoms. The van der Waals surface area contributed by atoms with Gasteiger partial charge in [0.05, 0.1) is 5.54 Å². The number of nitrogens with two attached hydrogens (primary N) is 1. The van der Waals surface area contributed by atoms with Crippen LogP contribution in [0.1, 0.15) is 32.6 Å². The number of carbonyl (C=O) groups is 1. The summed E-state index contributed by atoms with van der Waals surface area (Å²) in [4.78, 5) is 14.6. The second-order valence-electron chi connectivity index (χ2n) is 6.57. The highest BCUT2D eigenvalue weighted by Crippen LogP contribution is 2.29. The van der Waals surface area contributed by atoms with Crippen LogP contribution >= 0.6 is 0 Å². The van der Waals surface area contributed by atoms with E-state index in [1.807, 2.05) is 0 Å². The molecule has 3 N–H and O–H groups in total. The number of ether oxygens (including phenoxy) is 1. The normalized spacial score (nSPS) is 26.9. The van der Waals surface area contributed by atoms with Gasteiger partial charge in [0.2, 0.25) is 5.91 Å². The van der Waals surface area contributed by atoms with E-state index in [1.165, 1.54) is 0 Å². The molecule has 19 heavy (non-hydrogen) atoms. The van der Waals surface area contributed by atoms with Crippen LogP contribution in [0.4, 0.5) is 0 Å². The maximum absolute atomic E-state index is 12.3. The Kier molecular flexibility index (Phi) is 4.48. The lowest BCUT2D eigenvalue weighted by Crippen LogP contribution is -2.58. The fraction of sp³-hybridized carbons (Fsp3) is 0.929. The first-order valence-electron chi connectivity index (χ1n) is 7.27. The summed E-state index contributed by atoms with van der Waals surface area (Å²) >= 11 is 0. The molecule has 0 unspecified atom stereocenters. The van der Waals surface area contributed by atoms with Crippen molar-refractivity contribution >= 4 is 5.91 Å². The van der Waals surface area contributed by atoms with Crippen molar-refractivity contribution in [2.24, 2.45) is 11.1 Å². The maximum Gasteiger partial charge on any atom is 0.240 e. The Balaban J connectivity index is 1.82. The van der Waals surface area contributed by atoms with Crippen LogP contribution in [-0.2, 0) is 9.53 Å². The lowest BCUT2D eigenvalue weighted by atomic mass is 9.80. The van der Waals surface area contributed by atoms with E-state index in [9.17, 15) is 4.79 Å². The average molecular weight is 269 g/mol. The van der Waals surface area contributed by atoms with Gasteiger partial charge in [-0.2, -0.15) is 0 Å². The van der Waals surface area contributed by atoms with Gasteiger partial charge in [-0.1, -0.05) is 6.92 Å². The van der Waals surface area contributed by atoms with Gasteiger partial charge in [-0.05, 0) is 51.2 Å². The van der Waals surface area contributed by atoms with Crippen LogP contribution in [0.25, 0.3) is 0 Å². The molecular weight excluding hydrogens is 242 g/mol. The minimum atomic E-state index is -0.722. The number of nitrogens with one attached hydrogen (secondary N) is 1. The maximum atomic E-state index is 12.3. The summed E-state index contributed by atoms with van der Waals surface area (Å²) in [5.41, 5.74) is 5.67. The highest BCUT2D eigenvalue weighted by Gasteiger charge is 2.37. The molecule has 0 aromatic rings. The summed E-state index contributed by atoms with van der Waals surface area (Å²) in [6.45, 7) is 6.38. The molecule has 2 rings (SSSR count). The highest BCUT2D eigenvalue weighted by molar-refractivity contribution is 5.86. The molecule has 2 fully saturated rings. The molecule has 1 amide bonds. The Morgan fingerprint density at radius 3 is 2.42 bits per heavy atom. The highest BCUT2D eigenvalue weighted by atomic mass is 16.5. The number of hydrogen-bond donors (Lipinski definition) is 2. The molecule has 0 aromatic heterocycles. The molecule has 2 aliphatic rings. The number of rotatable bonds is 3. The van der Waals surface area contributed by atoms with Crippen LogP contribution in [0.5, 0.6) is 0 Å². The van der Waals surface area contributed by atoms with Gasteiger partial charge in [-0.3, -0.25) is 4.79 Å². The van der Waals surface area contributed by atoms with E-state index in [2.05, 4.69) is 24.2 Å². The minimum Gasteiger partial charge on any atom is -0.381 e. The molecule has 2 aliphatic heterocycles. The van der Waals surface area contributed by atoms with E-state index < -0.39 is 5.54 Å². The third kappa shape index (κ3) is 3.68. The zero-order chi connectivity index (χ0) is 13.9. The van der Waals surface area contributed by atoms with Gasteiger partial charge >= 0.3 is 0 Å². The van der Waals surface area contributed by atoms with Crippen molar-refractivity contribution in [1.82, 2.24) is 10.2 Å². The molecule has 0 aromatic carbocycles. The van der Waals surface area contributed by atoms with Crippen molar-refractivity contribution in [3.63, 3.8) is 0 Å². The van der Waals surface area contributed by atoms with Gasteiger partial charge in [0.1, 0.15) is 0 Å².